The molecule has 0 spiro atoms. The molecule has 4 heteroatoms. The Morgan fingerprint density at radius 1 is 1.50 bits per heavy atom. The number of ether oxygens (including phenoxy) is 1. The Bertz CT molecular complexity index is 358. The quantitative estimate of drug-likeness (QED) is 0.538. The van der Waals surface area contributed by atoms with Crippen molar-refractivity contribution in [1.82, 2.24) is 14.9 Å². The van der Waals surface area contributed by atoms with Crippen molar-refractivity contribution in [3.8, 4) is 0 Å². The first-order valence-corrected chi connectivity index (χ1v) is 6.55. The van der Waals surface area contributed by atoms with Crippen LogP contribution in [0.3, 0.4) is 0 Å². The first-order valence-electron chi connectivity index (χ1n) is 6.55. The molecule has 18 heavy (non-hydrogen) atoms. The van der Waals surface area contributed by atoms with E-state index < -0.39 is 0 Å². The minimum atomic E-state index is 0.780. The normalized spacial score (nSPS) is 12.1. The molecule has 0 bridgehead atoms. The minimum absolute atomic E-state index is 0.780. The van der Waals surface area contributed by atoms with Crippen LogP contribution in [0.5, 0.6) is 0 Å². The van der Waals surface area contributed by atoms with Gasteiger partial charge in [-0.25, -0.2) is 4.98 Å². The Morgan fingerprint density at radius 3 is 3.00 bits per heavy atom. The van der Waals surface area contributed by atoms with Crippen molar-refractivity contribution >= 4 is 0 Å². The van der Waals surface area contributed by atoms with Crippen LogP contribution in [0, 0.1) is 0 Å². The van der Waals surface area contributed by atoms with Crippen molar-refractivity contribution in [1.29, 1.82) is 0 Å². The van der Waals surface area contributed by atoms with Crippen LogP contribution in [0.4, 0.5) is 0 Å². The van der Waals surface area contributed by atoms with E-state index in [2.05, 4.69) is 27.9 Å². The third-order valence-electron chi connectivity index (χ3n) is 2.96. The van der Waals surface area contributed by atoms with Crippen LogP contribution in [0.25, 0.3) is 0 Å². The minimum Gasteiger partial charge on any atom is -0.383 e. The average molecular weight is 251 g/mol. The van der Waals surface area contributed by atoms with Gasteiger partial charge in [0, 0.05) is 39.5 Å². The summed E-state index contributed by atoms with van der Waals surface area (Å²) >= 11 is 0. The molecule has 0 saturated heterocycles. The van der Waals surface area contributed by atoms with Gasteiger partial charge in [0.1, 0.15) is 5.82 Å². The Labute approximate surface area is 110 Å². The summed E-state index contributed by atoms with van der Waals surface area (Å²) in [6.07, 6.45) is 9.34. The fourth-order valence-corrected chi connectivity index (χ4v) is 1.77. The van der Waals surface area contributed by atoms with Crippen molar-refractivity contribution in [2.24, 2.45) is 7.05 Å². The summed E-state index contributed by atoms with van der Waals surface area (Å²) in [5.41, 5.74) is 1.44. The molecule has 0 atom stereocenters. The molecule has 1 aromatic rings. The second-order valence-corrected chi connectivity index (χ2v) is 4.54. The van der Waals surface area contributed by atoms with Crippen LogP contribution >= 0.6 is 0 Å². The molecule has 4 nitrogen and oxygen atoms in total. The monoisotopic (exact) mass is 251 g/mol. The summed E-state index contributed by atoms with van der Waals surface area (Å²) in [5, 5.41) is 3.33. The second-order valence-electron chi connectivity index (χ2n) is 4.54. The summed E-state index contributed by atoms with van der Waals surface area (Å²) in [5.74, 6) is 1.15. The highest BCUT2D eigenvalue weighted by atomic mass is 16.5. The molecular formula is C14H25N3O. The SMILES string of the molecule is COCCNCC/C=C(/C)CCc1nccn1C. The number of imidazole rings is 1. The third kappa shape index (κ3) is 5.98. The summed E-state index contributed by atoms with van der Waals surface area (Å²) in [7, 11) is 3.77. The van der Waals surface area contributed by atoms with Gasteiger partial charge < -0.3 is 14.6 Å². The molecule has 102 valence electrons. The molecule has 0 aromatic carbocycles. The summed E-state index contributed by atoms with van der Waals surface area (Å²) in [6.45, 7) is 4.92. The van der Waals surface area contributed by atoms with Crippen molar-refractivity contribution in [3.63, 3.8) is 0 Å². The van der Waals surface area contributed by atoms with Crippen molar-refractivity contribution in [2.75, 3.05) is 26.8 Å². The maximum absolute atomic E-state index is 4.97. The molecule has 0 aliphatic heterocycles. The van der Waals surface area contributed by atoms with Crippen molar-refractivity contribution in [3.05, 3.63) is 29.9 Å². The molecule has 0 radical (unpaired) electrons. The number of allylic oxidation sites excluding steroid dienone is 1. The zero-order valence-electron chi connectivity index (χ0n) is 11.8. The van der Waals surface area contributed by atoms with Crippen LogP contribution in [-0.4, -0.2) is 36.4 Å². The maximum Gasteiger partial charge on any atom is 0.108 e. The predicted molar refractivity (Wildman–Crippen MR) is 74.6 cm³/mol. The Morgan fingerprint density at radius 2 is 2.33 bits per heavy atom. The first kappa shape index (κ1) is 14.9. The van der Waals surface area contributed by atoms with Gasteiger partial charge in [-0.1, -0.05) is 11.6 Å². The van der Waals surface area contributed by atoms with E-state index in [0.717, 1.165) is 44.8 Å². The van der Waals surface area contributed by atoms with Gasteiger partial charge in [0.2, 0.25) is 0 Å². The molecule has 1 aromatic heterocycles. The fraction of sp³-hybridized carbons (Fsp3) is 0.643. The molecule has 0 unspecified atom stereocenters. The highest BCUT2D eigenvalue weighted by Gasteiger charge is 1.99. The van der Waals surface area contributed by atoms with Gasteiger partial charge in [-0.2, -0.15) is 0 Å². The topological polar surface area (TPSA) is 39.1 Å². The van der Waals surface area contributed by atoms with Crippen LogP contribution in [0.1, 0.15) is 25.6 Å². The number of hydrogen-bond acceptors (Lipinski definition) is 3. The summed E-state index contributed by atoms with van der Waals surface area (Å²) < 4.78 is 7.06. The molecule has 0 amide bonds. The number of aromatic nitrogens is 2. The van der Waals surface area contributed by atoms with Gasteiger partial charge in [0.05, 0.1) is 6.61 Å². The molecule has 0 saturated carbocycles. The standard InChI is InChI=1S/C14H25N3O/c1-13(5-4-8-15-10-12-18-3)6-7-14-16-9-11-17(14)2/h5,9,11,15H,4,6-8,10,12H2,1-3H3/b13-5-. The largest absolute Gasteiger partial charge is 0.383 e. The number of aryl methyl sites for hydroxylation is 2. The lowest BCUT2D eigenvalue weighted by Crippen LogP contribution is -2.19. The smallest absolute Gasteiger partial charge is 0.108 e. The Balaban J connectivity index is 2.12. The highest BCUT2D eigenvalue weighted by Crippen LogP contribution is 2.07. The van der Waals surface area contributed by atoms with Crippen LogP contribution in [-0.2, 0) is 18.2 Å². The highest BCUT2D eigenvalue weighted by molar-refractivity contribution is 5.02. The fourth-order valence-electron chi connectivity index (χ4n) is 1.77. The molecule has 1 heterocycles. The van der Waals surface area contributed by atoms with E-state index >= 15 is 0 Å². The van der Waals surface area contributed by atoms with Crippen LogP contribution in [0.2, 0.25) is 0 Å². The van der Waals surface area contributed by atoms with Crippen molar-refractivity contribution < 1.29 is 4.74 Å². The zero-order valence-corrected chi connectivity index (χ0v) is 11.8. The van der Waals surface area contributed by atoms with E-state index in [1.807, 2.05) is 19.4 Å². The number of rotatable bonds is 9. The van der Waals surface area contributed by atoms with Gasteiger partial charge in [0.15, 0.2) is 0 Å². The number of nitrogens with zero attached hydrogens (tertiary/aromatic N) is 2. The third-order valence-corrected chi connectivity index (χ3v) is 2.96. The zero-order chi connectivity index (χ0) is 13.2. The number of hydrogen-bond donors (Lipinski definition) is 1. The van der Waals surface area contributed by atoms with Gasteiger partial charge in [0.25, 0.3) is 0 Å². The van der Waals surface area contributed by atoms with E-state index in [0.29, 0.717) is 0 Å². The molecule has 1 N–H and O–H groups in total. The molecule has 0 aliphatic carbocycles. The molecule has 0 fully saturated rings. The van der Waals surface area contributed by atoms with Gasteiger partial charge in [-0.3, -0.25) is 0 Å². The molecular weight excluding hydrogens is 226 g/mol. The van der Waals surface area contributed by atoms with Gasteiger partial charge >= 0.3 is 0 Å². The second kappa shape index (κ2) is 8.89. The molecule has 0 aliphatic rings. The lowest BCUT2D eigenvalue weighted by molar-refractivity contribution is 0.199. The van der Waals surface area contributed by atoms with E-state index in [4.69, 9.17) is 4.74 Å². The number of nitrogens with one attached hydrogen (secondary N) is 1. The maximum atomic E-state index is 4.97. The average Bonchev–Trinajstić information content (AvgIpc) is 2.77. The first-order chi connectivity index (χ1) is 8.74. The van der Waals surface area contributed by atoms with Crippen LogP contribution < -0.4 is 5.32 Å². The van der Waals surface area contributed by atoms with E-state index in [1.165, 1.54) is 5.57 Å². The predicted octanol–water partition coefficient (Wildman–Crippen LogP) is 1.93. The van der Waals surface area contributed by atoms with Gasteiger partial charge in [-0.15, -0.1) is 0 Å². The lowest BCUT2D eigenvalue weighted by Gasteiger charge is -2.04. The Hall–Kier alpha value is -1.13. The van der Waals surface area contributed by atoms with E-state index in [1.54, 1.807) is 7.11 Å². The molecule has 1 rings (SSSR count). The van der Waals surface area contributed by atoms with Gasteiger partial charge in [-0.05, 0) is 26.3 Å². The van der Waals surface area contributed by atoms with E-state index in [9.17, 15) is 0 Å². The van der Waals surface area contributed by atoms with Crippen molar-refractivity contribution in [2.45, 2.75) is 26.2 Å². The summed E-state index contributed by atoms with van der Waals surface area (Å²) in [4.78, 5) is 4.33. The number of methoxy groups -OCH3 is 1. The summed E-state index contributed by atoms with van der Waals surface area (Å²) in [6, 6.07) is 0. The lowest BCUT2D eigenvalue weighted by atomic mass is 10.1. The van der Waals surface area contributed by atoms with E-state index in [-0.39, 0.29) is 0 Å². The van der Waals surface area contributed by atoms with Crippen LogP contribution in [0.15, 0.2) is 24.0 Å². The Kier molecular flexibility index (Phi) is 7.37.